The molecule has 1 aromatic carbocycles. The van der Waals surface area contributed by atoms with Gasteiger partial charge in [-0.2, -0.15) is 0 Å². The molecule has 1 atom stereocenters. The van der Waals surface area contributed by atoms with Crippen LogP contribution in [0.4, 0.5) is 5.69 Å². The van der Waals surface area contributed by atoms with Gasteiger partial charge in [-0.1, -0.05) is 11.6 Å². The Morgan fingerprint density at radius 3 is 2.58 bits per heavy atom. The highest BCUT2D eigenvalue weighted by molar-refractivity contribution is 6.32. The van der Waals surface area contributed by atoms with Crippen LogP contribution < -0.4 is 19.7 Å². The zero-order chi connectivity index (χ0) is 19.3. The van der Waals surface area contributed by atoms with E-state index in [0.717, 1.165) is 0 Å². The van der Waals surface area contributed by atoms with Crippen molar-refractivity contribution in [2.45, 2.75) is 31.7 Å². The summed E-state index contributed by atoms with van der Waals surface area (Å²) in [6.07, 6.45) is 1.38. The molecule has 1 aliphatic rings. The third-order valence-corrected chi connectivity index (χ3v) is 4.86. The molecule has 1 N–H and O–H groups in total. The van der Waals surface area contributed by atoms with Crippen LogP contribution >= 0.6 is 11.6 Å². The number of hydrogen-bond donors (Lipinski definition) is 1. The molecule has 1 heterocycles. The first-order valence-electron chi connectivity index (χ1n) is 8.41. The summed E-state index contributed by atoms with van der Waals surface area (Å²) >= 11 is 6.24. The predicted octanol–water partition coefficient (Wildman–Crippen LogP) is 2.40. The van der Waals surface area contributed by atoms with Crippen molar-refractivity contribution >= 4 is 29.1 Å². The van der Waals surface area contributed by atoms with E-state index >= 15 is 0 Å². The number of ether oxygens (including phenoxy) is 3. The third kappa shape index (κ3) is 3.88. The zero-order valence-electron chi connectivity index (χ0n) is 15.6. The second kappa shape index (κ2) is 8.60. The van der Waals surface area contributed by atoms with Crippen molar-refractivity contribution in [3.63, 3.8) is 0 Å². The number of methoxy groups -OCH3 is 3. The maximum absolute atomic E-state index is 12.8. The van der Waals surface area contributed by atoms with Gasteiger partial charge in [-0.25, -0.2) is 0 Å². The Bertz CT molecular complexity index is 682. The lowest BCUT2D eigenvalue weighted by Gasteiger charge is -2.35. The summed E-state index contributed by atoms with van der Waals surface area (Å²) in [6.45, 7) is 2.79. The van der Waals surface area contributed by atoms with E-state index in [2.05, 4.69) is 5.32 Å². The van der Waals surface area contributed by atoms with Gasteiger partial charge < -0.3 is 19.5 Å². The largest absolute Gasteiger partial charge is 0.495 e. The van der Waals surface area contributed by atoms with Gasteiger partial charge >= 0.3 is 0 Å². The van der Waals surface area contributed by atoms with Gasteiger partial charge in [0.25, 0.3) is 0 Å². The molecule has 0 aromatic heterocycles. The van der Waals surface area contributed by atoms with Crippen LogP contribution in [0.15, 0.2) is 12.1 Å². The maximum Gasteiger partial charge on any atom is 0.246 e. The second-order valence-corrected chi connectivity index (χ2v) is 6.67. The fourth-order valence-electron chi connectivity index (χ4n) is 3.09. The van der Waals surface area contributed by atoms with Crippen LogP contribution in [0.3, 0.4) is 0 Å². The fourth-order valence-corrected chi connectivity index (χ4v) is 3.33. The van der Waals surface area contributed by atoms with E-state index in [4.69, 9.17) is 25.8 Å². The number of benzene rings is 1. The van der Waals surface area contributed by atoms with E-state index in [1.165, 1.54) is 19.1 Å². The van der Waals surface area contributed by atoms with Gasteiger partial charge in [0.05, 0.1) is 24.9 Å². The molecule has 1 fully saturated rings. The monoisotopic (exact) mass is 384 g/mol. The molecule has 2 amide bonds. The lowest BCUT2D eigenvalue weighted by atomic mass is 9.96. The first kappa shape index (κ1) is 20.3. The maximum atomic E-state index is 12.8. The summed E-state index contributed by atoms with van der Waals surface area (Å²) in [5.41, 5.74) is -0.564. The predicted molar refractivity (Wildman–Crippen MR) is 99.2 cm³/mol. The van der Waals surface area contributed by atoms with Crippen LogP contribution in [-0.2, 0) is 14.3 Å². The molecule has 26 heavy (non-hydrogen) atoms. The van der Waals surface area contributed by atoms with E-state index in [0.29, 0.717) is 48.2 Å². The molecule has 2 rings (SSSR count). The summed E-state index contributed by atoms with van der Waals surface area (Å²) in [4.78, 5) is 26.9. The normalized spacial score (nSPS) is 19.6. The fraction of sp³-hybridized carbons (Fsp3) is 0.556. The molecule has 0 unspecified atom stereocenters. The number of nitrogens with one attached hydrogen (secondary N) is 1. The number of rotatable bonds is 8. The molecule has 0 bridgehead atoms. The smallest absolute Gasteiger partial charge is 0.246 e. The van der Waals surface area contributed by atoms with E-state index in [1.54, 1.807) is 26.2 Å². The average molecular weight is 385 g/mol. The Morgan fingerprint density at radius 2 is 1.96 bits per heavy atom. The zero-order valence-corrected chi connectivity index (χ0v) is 16.3. The Balaban J connectivity index is 2.35. The van der Waals surface area contributed by atoms with Crippen molar-refractivity contribution in [3.8, 4) is 11.5 Å². The highest BCUT2D eigenvalue weighted by Crippen LogP contribution is 2.44. The van der Waals surface area contributed by atoms with Crippen molar-refractivity contribution in [2.75, 3.05) is 39.4 Å². The minimum atomic E-state index is -1.02. The molecule has 0 radical (unpaired) electrons. The van der Waals surface area contributed by atoms with Crippen LogP contribution in [0.1, 0.15) is 26.2 Å². The minimum absolute atomic E-state index is 0.154. The summed E-state index contributed by atoms with van der Waals surface area (Å²) in [5, 5.41) is 3.22. The van der Waals surface area contributed by atoms with Gasteiger partial charge in [-0.3, -0.25) is 14.5 Å². The van der Waals surface area contributed by atoms with Crippen LogP contribution in [0.2, 0.25) is 5.02 Å². The third-order valence-electron chi connectivity index (χ3n) is 4.56. The first-order valence-corrected chi connectivity index (χ1v) is 8.78. The standard InChI is InChI=1S/C18H25ClN2O5/c1-18(17(23)20-8-5-9-24-2)7-6-16(22)21(18)13-10-12(19)14(25-3)11-15(13)26-4/h10-11H,5-9H2,1-4H3,(H,20,23)/t18-/m0/s1. The van der Waals surface area contributed by atoms with Crippen molar-refractivity contribution in [3.05, 3.63) is 17.2 Å². The number of nitrogens with zero attached hydrogens (tertiary/aromatic N) is 1. The van der Waals surface area contributed by atoms with Gasteiger partial charge in [-0.05, 0) is 25.8 Å². The quantitative estimate of drug-likeness (QED) is 0.696. The van der Waals surface area contributed by atoms with Crippen LogP contribution in [0, 0.1) is 0 Å². The highest BCUT2D eigenvalue weighted by atomic mass is 35.5. The van der Waals surface area contributed by atoms with Crippen LogP contribution in [-0.4, -0.2) is 51.8 Å². The minimum Gasteiger partial charge on any atom is -0.495 e. The van der Waals surface area contributed by atoms with Crippen molar-refractivity contribution in [1.29, 1.82) is 0 Å². The van der Waals surface area contributed by atoms with E-state index < -0.39 is 5.54 Å². The lowest BCUT2D eigenvalue weighted by Crippen LogP contribution is -2.55. The lowest BCUT2D eigenvalue weighted by molar-refractivity contribution is -0.127. The molecular formula is C18H25ClN2O5. The summed E-state index contributed by atoms with van der Waals surface area (Å²) < 4.78 is 15.6. The van der Waals surface area contributed by atoms with Gasteiger partial charge in [0.2, 0.25) is 11.8 Å². The Kier molecular flexibility index (Phi) is 6.72. The van der Waals surface area contributed by atoms with E-state index in [-0.39, 0.29) is 18.2 Å². The molecule has 1 aliphatic heterocycles. The molecule has 7 nitrogen and oxygen atoms in total. The molecule has 1 saturated heterocycles. The molecule has 0 spiro atoms. The Morgan fingerprint density at radius 1 is 1.27 bits per heavy atom. The number of amides is 2. The van der Waals surface area contributed by atoms with Gasteiger partial charge in [0, 0.05) is 32.7 Å². The Hall–Kier alpha value is -1.99. The number of carbonyl (C=O) groups excluding carboxylic acids is 2. The highest BCUT2D eigenvalue weighted by Gasteiger charge is 2.49. The molecule has 8 heteroatoms. The van der Waals surface area contributed by atoms with Gasteiger partial charge in [-0.15, -0.1) is 0 Å². The molecule has 1 aromatic rings. The topological polar surface area (TPSA) is 77.1 Å². The number of hydrogen-bond acceptors (Lipinski definition) is 5. The molecule has 0 aliphatic carbocycles. The van der Waals surface area contributed by atoms with Crippen molar-refractivity contribution in [2.24, 2.45) is 0 Å². The first-order chi connectivity index (χ1) is 12.4. The van der Waals surface area contributed by atoms with Crippen LogP contribution in [0.5, 0.6) is 11.5 Å². The van der Waals surface area contributed by atoms with Crippen molar-refractivity contribution < 1.29 is 23.8 Å². The molecule has 0 saturated carbocycles. The number of carbonyl (C=O) groups is 2. The van der Waals surface area contributed by atoms with Gasteiger partial charge in [0.15, 0.2) is 0 Å². The van der Waals surface area contributed by atoms with Crippen molar-refractivity contribution in [1.82, 2.24) is 5.32 Å². The summed E-state index contributed by atoms with van der Waals surface area (Å²) in [5.74, 6) is 0.483. The summed E-state index contributed by atoms with van der Waals surface area (Å²) in [7, 11) is 4.61. The SMILES string of the molecule is COCCCNC(=O)[C@]1(C)CCC(=O)N1c1cc(Cl)c(OC)cc1OC. The molecule has 144 valence electrons. The summed E-state index contributed by atoms with van der Waals surface area (Å²) in [6, 6.07) is 3.21. The Labute approximate surface area is 158 Å². The van der Waals surface area contributed by atoms with Gasteiger partial charge in [0.1, 0.15) is 17.0 Å². The van der Waals surface area contributed by atoms with E-state index in [9.17, 15) is 9.59 Å². The van der Waals surface area contributed by atoms with E-state index in [1.807, 2.05) is 0 Å². The number of halogens is 1. The van der Waals surface area contributed by atoms with Crippen LogP contribution in [0.25, 0.3) is 0 Å². The average Bonchev–Trinajstić information content (AvgIpc) is 2.94. The second-order valence-electron chi connectivity index (χ2n) is 6.26. The molecular weight excluding hydrogens is 360 g/mol. The number of anilines is 1.